The van der Waals surface area contributed by atoms with Gasteiger partial charge in [0.15, 0.2) is 0 Å². The lowest BCUT2D eigenvalue weighted by Crippen LogP contribution is -2.00. The summed E-state index contributed by atoms with van der Waals surface area (Å²) in [7, 11) is 0. The number of rotatable bonds is 11. The van der Waals surface area contributed by atoms with E-state index in [1.54, 1.807) is 11.1 Å². The summed E-state index contributed by atoms with van der Waals surface area (Å²) in [6, 6.07) is 13.8. The molecule has 0 aliphatic rings. The number of hydrogen-bond acceptors (Lipinski definition) is 0. The summed E-state index contributed by atoms with van der Waals surface area (Å²) in [5, 5.41) is 0. The molecule has 26 heavy (non-hydrogen) atoms. The third-order valence-corrected chi connectivity index (χ3v) is 5.57. The Hall–Kier alpha value is -1.56. The fraction of sp³-hybridized carbons (Fsp3) is 0.538. The van der Waals surface area contributed by atoms with Gasteiger partial charge in [0.1, 0.15) is 0 Å². The zero-order chi connectivity index (χ0) is 18.8. The highest BCUT2D eigenvalue weighted by Gasteiger charge is 2.14. The lowest BCUT2D eigenvalue weighted by molar-refractivity contribution is 0.665. The zero-order valence-electron chi connectivity index (χ0n) is 17.5. The largest absolute Gasteiger partial charge is 0.0654 e. The highest BCUT2D eigenvalue weighted by molar-refractivity contribution is 5.76. The standard InChI is InChI=1S/C26H38/c1-5-7-9-11-17-23-19-13-15-21(3)25(23)26-22(4)16-14-20-24(26)18-12-10-8-6-2/h13-16,19-20H,5-12,17-18H2,1-4H3. The summed E-state index contributed by atoms with van der Waals surface area (Å²) in [5.74, 6) is 0. The van der Waals surface area contributed by atoms with Crippen LogP contribution in [0.2, 0.25) is 0 Å². The van der Waals surface area contributed by atoms with Crippen LogP contribution in [0.3, 0.4) is 0 Å². The van der Waals surface area contributed by atoms with E-state index in [-0.39, 0.29) is 0 Å². The topological polar surface area (TPSA) is 0 Å². The van der Waals surface area contributed by atoms with Crippen LogP contribution in [0.1, 0.15) is 87.5 Å². The number of unbranched alkanes of at least 4 members (excludes halogenated alkanes) is 6. The molecule has 142 valence electrons. The van der Waals surface area contributed by atoms with Crippen LogP contribution in [-0.2, 0) is 12.8 Å². The Kier molecular flexibility index (Phi) is 8.95. The van der Waals surface area contributed by atoms with Crippen molar-refractivity contribution in [3.8, 4) is 11.1 Å². The minimum absolute atomic E-state index is 1.21. The van der Waals surface area contributed by atoms with E-state index < -0.39 is 0 Å². The van der Waals surface area contributed by atoms with Crippen LogP contribution >= 0.6 is 0 Å². The van der Waals surface area contributed by atoms with E-state index in [9.17, 15) is 0 Å². The molecule has 0 heterocycles. The second-order valence-corrected chi connectivity index (χ2v) is 7.84. The summed E-state index contributed by atoms with van der Waals surface area (Å²) in [6.07, 6.45) is 13.1. The molecule has 0 aliphatic carbocycles. The Bertz CT molecular complexity index is 606. The van der Waals surface area contributed by atoms with E-state index in [0.717, 1.165) is 0 Å². The maximum atomic E-state index is 2.36. The van der Waals surface area contributed by atoms with Crippen LogP contribution in [0.5, 0.6) is 0 Å². The summed E-state index contributed by atoms with van der Waals surface area (Å²) in [6.45, 7) is 9.16. The number of benzene rings is 2. The van der Waals surface area contributed by atoms with E-state index in [2.05, 4.69) is 64.1 Å². The fourth-order valence-electron chi connectivity index (χ4n) is 4.07. The predicted octanol–water partition coefficient (Wildman–Crippen LogP) is 8.22. The molecule has 0 aromatic heterocycles. The van der Waals surface area contributed by atoms with Gasteiger partial charge in [-0.2, -0.15) is 0 Å². The molecule has 0 N–H and O–H groups in total. The first-order valence-corrected chi connectivity index (χ1v) is 10.9. The summed E-state index contributed by atoms with van der Waals surface area (Å²) in [4.78, 5) is 0. The van der Waals surface area contributed by atoms with E-state index in [0.29, 0.717) is 0 Å². The molecule has 0 saturated carbocycles. The lowest BCUT2D eigenvalue weighted by Gasteiger charge is -2.19. The number of hydrogen-bond donors (Lipinski definition) is 0. The zero-order valence-corrected chi connectivity index (χ0v) is 17.5. The molecule has 0 unspecified atom stereocenters. The van der Waals surface area contributed by atoms with Gasteiger partial charge in [0, 0.05) is 0 Å². The first kappa shape index (κ1) is 20.7. The third-order valence-electron chi connectivity index (χ3n) is 5.57. The molecule has 2 aromatic rings. The Morgan fingerprint density at radius 2 is 0.962 bits per heavy atom. The van der Waals surface area contributed by atoms with Crippen LogP contribution in [0.25, 0.3) is 11.1 Å². The molecule has 0 radical (unpaired) electrons. The molecule has 0 heteroatoms. The van der Waals surface area contributed by atoms with E-state index in [1.807, 2.05) is 0 Å². The normalized spacial score (nSPS) is 11.1. The third kappa shape index (κ3) is 5.73. The Labute approximate surface area is 162 Å². The molecule has 2 rings (SSSR count). The van der Waals surface area contributed by atoms with Gasteiger partial charge in [0.25, 0.3) is 0 Å². The fourth-order valence-corrected chi connectivity index (χ4v) is 4.07. The highest BCUT2D eigenvalue weighted by Crippen LogP contribution is 2.35. The van der Waals surface area contributed by atoms with Crippen molar-refractivity contribution in [1.29, 1.82) is 0 Å². The monoisotopic (exact) mass is 350 g/mol. The molecule has 0 atom stereocenters. The Balaban J connectivity index is 2.31. The van der Waals surface area contributed by atoms with Crippen LogP contribution in [-0.4, -0.2) is 0 Å². The van der Waals surface area contributed by atoms with Crippen molar-refractivity contribution in [1.82, 2.24) is 0 Å². The summed E-state index contributed by atoms with van der Waals surface area (Å²) in [5.41, 5.74) is 9.00. The summed E-state index contributed by atoms with van der Waals surface area (Å²) >= 11 is 0. The Morgan fingerprint density at radius 1 is 0.538 bits per heavy atom. The molecule has 0 bridgehead atoms. The first-order valence-electron chi connectivity index (χ1n) is 10.9. The van der Waals surface area contributed by atoms with E-state index in [4.69, 9.17) is 0 Å². The van der Waals surface area contributed by atoms with Gasteiger partial charge in [-0.25, -0.2) is 0 Å². The first-order chi connectivity index (χ1) is 12.7. The van der Waals surface area contributed by atoms with Gasteiger partial charge in [-0.05, 0) is 72.9 Å². The van der Waals surface area contributed by atoms with Crippen molar-refractivity contribution in [3.63, 3.8) is 0 Å². The maximum absolute atomic E-state index is 2.36. The second kappa shape index (κ2) is 11.2. The van der Waals surface area contributed by atoms with Crippen molar-refractivity contribution < 1.29 is 0 Å². The minimum Gasteiger partial charge on any atom is -0.0654 e. The van der Waals surface area contributed by atoms with Gasteiger partial charge in [-0.1, -0.05) is 88.8 Å². The van der Waals surface area contributed by atoms with Crippen molar-refractivity contribution >= 4 is 0 Å². The van der Waals surface area contributed by atoms with E-state index >= 15 is 0 Å². The molecule has 0 nitrogen and oxygen atoms in total. The Morgan fingerprint density at radius 3 is 1.35 bits per heavy atom. The van der Waals surface area contributed by atoms with Gasteiger partial charge in [-0.3, -0.25) is 0 Å². The van der Waals surface area contributed by atoms with Crippen LogP contribution < -0.4 is 0 Å². The van der Waals surface area contributed by atoms with Crippen LogP contribution in [0, 0.1) is 13.8 Å². The van der Waals surface area contributed by atoms with Crippen molar-refractivity contribution in [2.24, 2.45) is 0 Å². The maximum Gasteiger partial charge on any atom is -0.0117 e. The average molecular weight is 351 g/mol. The predicted molar refractivity (Wildman–Crippen MR) is 117 cm³/mol. The van der Waals surface area contributed by atoms with Gasteiger partial charge in [0.05, 0.1) is 0 Å². The van der Waals surface area contributed by atoms with Gasteiger partial charge in [-0.15, -0.1) is 0 Å². The molecule has 0 amide bonds. The molecule has 2 aromatic carbocycles. The smallest absolute Gasteiger partial charge is 0.0117 e. The average Bonchev–Trinajstić information content (AvgIpc) is 2.63. The minimum atomic E-state index is 1.21. The van der Waals surface area contributed by atoms with Crippen molar-refractivity contribution in [2.45, 2.75) is 91.9 Å². The lowest BCUT2D eigenvalue weighted by atomic mass is 9.85. The van der Waals surface area contributed by atoms with Crippen molar-refractivity contribution in [3.05, 3.63) is 58.7 Å². The van der Waals surface area contributed by atoms with Gasteiger partial charge < -0.3 is 0 Å². The molecule has 0 fully saturated rings. The van der Waals surface area contributed by atoms with E-state index in [1.165, 1.54) is 86.5 Å². The van der Waals surface area contributed by atoms with Crippen LogP contribution in [0.15, 0.2) is 36.4 Å². The quantitative estimate of drug-likeness (QED) is 0.358. The molecular formula is C26H38. The molecule has 0 saturated heterocycles. The molecule has 0 spiro atoms. The van der Waals surface area contributed by atoms with Gasteiger partial charge in [0.2, 0.25) is 0 Å². The summed E-state index contributed by atoms with van der Waals surface area (Å²) < 4.78 is 0. The molecular weight excluding hydrogens is 312 g/mol. The van der Waals surface area contributed by atoms with Crippen molar-refractivity contribution in [2.75, 3.05) is 0 Å². The molecule has 0 aliphatic heterocycles. The van der Waals surface area contributed by atoms with Crippen LogP contribution in [0.4, 0.5) is 0 Å². The highest BCUT2D eigenvalue weighted by atomic mass is 14.2. The second-order valence-electron chi connectivity index (χ2n) is 7.84. The van der Waals surface area contributed by atoms with Gasteiger partial charge >= 0.3 is 0 Å². The SMILES string of the molecule is CCCCCCc1cccc(C)c1-c1c(C)cccc1CCCCCC. The number of aryl methyl sites for hydroxylation is 4.